The van der Waals surface area contributed by atoms with Crippen LogP contribution < -0.4 is 0 Å². The number of hydrogen-bond donors (Lipinski definition) is 0. The minimum absolute atomic E-state index is 0.393. The third-order valence-electron chi connectivity index (χ3n) is 4.71. The second-order valence-electron chi connectivity index (χ2n) is 6.31. The van der Waals surface area contributed by atoms with E-state index >= 15 is 0 Å². The first-order chi connectivity index (χ1) is 12.0. The average Bonchev–Trinajstić information content (AvgIpc) is 2.58. The summed E-state index contributed by atoms with van der Waals surface area (Å²) in [6, 6.07) is 19.0. The first kappa shape index (κ1) is 17.1. The van der Waals surface area contributed by atoms with Crippen molar-refractivity contribution < 1.29 is 9.09 Å². The van der Waals surface area contributed by atoms with Gasteiger partial charge in [-0.2, -0.15) is 0 Å². The predicted octanol–water partition coefficient (Wildman–Crippen LogP) is 8.03. The summed E-state index contributed by atoms with van der Waals surface area (Å²) in [6.07, 6.45) is -2.44. The number of benzene rings is 4. The van der Waals surface area contributed by atoms with E-state index in [1.54, 1.807) is 0 Å². The van der Waals surface area contributed by atoms with Crippen LogP contribution in [0.5, 0.6) is 0 Å². The summed E-state index contributed by atoms with van der Waals surface area (Å²) in [4.78, 5) is 0. The molecule has 2 nitrogen and oxygen atoms in total. The Kier molecular flexibility index (Phi) is 4.42. The third-order valence-corrected chi connectivity index (χ3v) is 5.69. The van der Waals surface area contributed by atoms with Gasteiger partial charge in [0.1, 0.15) is 0 Å². The molecule has 4 aromatic rings. The molecule has 0 aromatic heterocycles. The molecule has 0 N–H and O–H groups in total. The van der Waals surface area contributed by atoms with Crippen molar-refractivity contribution in [1.82, 2.24) is 0 Å². The van der Waals surface area contributed by atoms with E-state index in [4.69, 9.17) is 27.0 Å². The summed E-state index contributed by atoms with van der Waals surface area (Å²) < 4.78 is 17.4. The van der Waals surface area contributed by atoms with Gasteiger partial charge >= 0.3 is 6.07 Å². The van der Waals surface area contributed by atoms with E-state index in [0.29, 0.717) is 6.42 Å². The molecule has 1 unspecified atom stereocenters. The van der Waals surface area contributed by atoms with Crippen molar-refractivity contribution in [1.29, 1.82) is 0 Å². The Hall–Kier alpha value is -1.31. The van der Waals surface area contributed by atoms with Gasteiger partial charge in [0.25, 0.3) is 0 Å². The molecule has 0 saturated heterocycles. The second-order valence-corrected chi connectivity index (χ2v) is 10.5. The van der Waals surface area contributed by atoms with Crippen LogP contribution in [0, 0.1) is 0 Å². The van der Waals surface area contributed by atoms with E-state index in [0.717, 1.165) is 17.4 Å². The quantitative estimate of drug-likeness (QED) is 0.254. The lowest BCUT2D eigenvalue weighted by atomic mass is 9.90. The maximum atomic E-state index is 11.9. The van der Waals surface area contributed by atoms with Gasteiger partial charge in [-0.1, -0.05) is 67.9 Å². The summed E-state index contributed by atoms with van der Waals surface area (Å²) in [5.41, 5.74) is 0.981. The highest BCUT2D eigenvalue weighted by Crippen LogP contribution is 2.61. The molecule has 4 rings (SSSR count). The smallest absolute Gasteiger partial charge is 0.298 e. The zero-order chi connectivity index (χ0) is 17.6. The molecule has 128 valence electrons. The minimum Gasteiger partial charge on any atom is -0.298 e. The molecule has 0 fully saturated rings. The molecule has 4 aromatic carbocycles. The topological polar surface area (TPSA) is 26.3 Å². The van der Waals surface area contributed by atoms with E-state index in [1.165, 1.54) is 26.9 Å². The standard InChI is InChI=1S/C20H17Cl2O2P/c1-2-4-18(24-25(21,22)23)16-11-9-15-8-7-13-5-3-6-14-10-12-17(16)20(15)19(13)14/h3,5-12,18H,2,4H2,1H3. The minimum atomic E-state index is -3.62. The summed E-state index contributed by atoms with van der Waals surface area (Å²) in [6.45, 7) is 2.06. The molecule has 0 aliphatic heterocycles. The van der Waals surface area contributed by atoms with Gasteiger partial charge < -0.3 is 0 Å². The van der Waals surface area contributed by atoms with Gasteiger partial charge in [0.05, 0.1) is 6.10 Å². The average molecular weight is 391 g/mol. The van der Waals surface area contributed by atoms with Crippen molar-refractivity contribution in [3.63, 3.8) is 0 Å². The highest BCUT2D eigenvalue weighted by molar-refractivity contribution is 8.05. The van der Waals surface area contributed by atoms with E-state index in [1.807, 2.05) is 6.07 Å². The van der Waals surface area contributed by atoms with Crippen LogP contribution in [-0.2, 0) is 9.09 Å². The Balaban J connectivity index is 2.02. The van der Waals surface area contributed by atoms with Crippen LogP contribution in [0.3, 0.4) is 0 Å². The number of hydrogen-bond acceptors (Lipinski definition) is 2. The first-order valence-electron chi connectivity index (χ1n) is 8.32. The molecule has 0 aliphatic rings. The van der Waals surface area contributed by atoms with E-state index in [-0.39, 0.29) is 0 Å². The fourth-order valence-corrected chi connectivity index (χ4v) is 4.81. The highest BCUT2D eigenvalue weighted by Gasteiger charge is 2.25. The van der Waals surface area contributed by atoms with Crippen LogP contribution in [0.1, 0.15) is 31.4 Å². The zero-order valence-corrected chi connectivity index (χ0v) is 16.1. The Bertz CT molecular complexity index is 1090. The van der Waals surface area contributed by atoms with Crippen molar-refractivity contribution in [3.05, 3.63) is 60.2 Å². The fourth-order valence-electron chi connectivity index (χ4n) is 3.71. The van der Waals surface area contributed by atoms with E-state index in [9.17, 15) is 4.57 Å². The van der Waals surface area contributed by atoms with Crippen LogP contribution >= 0.6 is 28.6 Å². The lowest BCUT2D eigenvalue weighted by Gasteiger charge is -2.21. The molecule has 0 amide bonds. The highest BCUT2D eigenvalue weighted by atomic mass is 35.9. The molecule has 1 atom stereocenters. The van der Waals surface area contributed by atoms with Gasteiger partial charge in [0.15, 0.2) is 0 Å². The molecule has 5 heteroatoms. The molecule has 0 saturated carbocycles. The van der Waals surface area contributed by atoms with Gasteiger partial charge in [-0.25, -0.2) is 0 Å². The van der Waals surface area contributed by atoms with Crippen LogP contribution in [-0.4, -0.2) is 0 Å². The first-order valence-corrected chi connectivity index (χ1v) is 11.8. The monoisotopic (exact) mass is 390 g/mol. The zero-order valence-electron chi connectivity index (χ0n) is 13.7. The van der Waals surface area contributed by atoms with Crippen LogP contribution in [0.15, 0.2) is 54.6 Å². The Morgan fingerprint density at radius 3 is 2.16 bits per heavy atom. The summed E-state index contributed by atoms with van der Waals surface area (Å²) >= 11 is 11.4. The largest absolute Gasteiger partial charge is 0.380 e. The van der Waals surface area contributed by atoms with E-state index < -0.39 is 12.2 Å². The van der Waals surface area contributed by atoms with Gasteiger partial charge in [-0.15, -0.1) is 0 Å². The molecule has 0 bridgehead atoms. The molecular formula is C20H17Cl2O2P. The maximum Gasteiger partial charge on any atom is 0.380 e. The van der Waals surface area contributed by atoms with E-state index in [2.05, 4.69) is 55.5 Å². The summed E-state index contributed by atoms with van der Waals surface area (Å²) in [5, 5.41) is 7.15. The van der Waals surface area contributed by atoms with Crippen LogP contribution in [0.4, 0.5) is 0 Å². The molecule has 0 spiro atoms. The van der Waals surface area contributed by atoms with Crippen LogP contribution in [0.25, 0.3) is 32.3 Å². The van der Waals surface area contributed by atoms with Crippen molar-refractivity contribution >= 4 is 60.9 Å². The lowest BCUT2D eigenvalue weighted by Crippen LogP contribution is -2.02. The van der Waals surface area contributed by atoms with Gasteiger partial charge in [0.2, 0.25) is 0 Å². The Labute approximate surface area is 156 Å². The molecule has 0 radical (unpaired) electrons. The Morgan fingerprint density at radius 2 is 1.52 bits per heavy atom. The summed E-state index contributed by atoms with van der Waals surface area (Å²) in [5.74, 6) is 0. The Morgan fingerprint density at radius 1 is 0.920 bits per heavy atom. The van der Waals surface area contributed by atoms with Gasteiger partial charge in [0, 0.05) is 0 Å². The molecule has 0 aliphatic carbocycles. The van der Waals surface area contributed by atoms with Crippen molar-refractivity contribution in [3.8, 4) is 0 Å². The fraction of sp³-hybridized carbons (Fsp3) is 0.200. The second kappa shape index (κ2) is 6.45. The maximum absolute atomic E-state index is 11.9. The SMILES string of the molecule is CCCC(OP(=O)(Cl)Cl)c1ccc2ccc3cccc4ccc1c2c34. The lowest BCUT2D eigenvalue weighted by molar-refractivity contribution is 0.211. The number of rotatable bonds is 5. The summed E-state index contributed by atoms with van der Waals surface area (Å²) in [7, 11) is 0. The van der Waals surface area contributed by atoms with Crippen molar-refractivity contribution in [2.75, 3.05) is 0 Å². The number of halogens is 2. The van der Waals surface area contributed by atoms with Crippen molar-refractivity contribution in [2.24, 2.45) is 0 Å². The van der Waals surface area contributed by atoms with Gasteiger partial charge in [-0.05, 0) is 66.8 Å². The molecule has 0 heterocycles. The van der Waals surface area contributed by atoms with Crippen molar-refractivity contribution in [2.45, 2.75) is 25.9 Å². The third kappa shape index (κ3) is 3.13. The predicted molar refractivity (Wildman–Crippen MR) is 108 cm³/mol. The normalized spacial score (nSPS) is 13.9. The molecular weight excluding hydrogens is 374 g/mol. The molecule has 25 heavy (non-hydrogen) atoms. The van der Waals surface area contributed by atoms with Crippen LogP contribution in [0.2, 0.25) is 0 Å². The van der Waals surface area contributed by atoms with Gasteiger partial charge in [-0.3, -0.25) is 9.09 Å².